The van der Waals surface area contributed by atoms with E-state index in [1.807, 2.05) is 0 Å². The summed E-state index contributed by atoms with van der Waals surface area (Å²) in [5.41, 5.74) is -1.21. The first-order valence-corrected chi connectivity index (χ1v) is 4.69. The third-order valence-corrected chi connectivity index (χ3v) is 2.28. The van der Waals surface area contributed by atoms with E-state index in [0.717, 1.165) is 4.57 Å². The number of carboxylic acids is 1. The number of aromatic nitrogens is 3. The largest absolute Gasteiger partial charge is 0.478 e. The van der Waals surface area contributed by atoms with Crippen molar-refractivity contribution in [3.05, 3.63) is 44.1 Å². The second kappa shape index (κ2) is 3.81. The van der Waals surface area contributed by atoms with Crippen molar-refractivity contribution in [1.82, 2.24) is 14.8 Å². The van der Waals surface area contributed by atoms with Gasteiger partial charge in [-0.25, -0.2) is 29.1 Å². The van der Waals surface area contributed by atoms with E-state index < -0.39 is 17.3 Å². The minimum atomic E-state index is -1.12. The third-order valence-electron chi connectivity index (χ3n) is 2.28. The molecule has 0 aliphatic heterocycles. The molecule has 8 nitrogen and oxygen atoms in total. The van der Waals surface area contributed by atoms with Crippen molar-refractivity contribution < 1.29 is 14.3 Å². The molecule has 0 radical (unpaired) electrons. The van der Waals surface area contributed by atoms with Crippen LogP contribution in [-0.2, 0) is 6.54 Å². The maximum atomic E-state index is 11.2. The first-order valence-electron chi connectivity index (χ1n) is 4.69. The number of hydrogen-bond acceptors (Lipinski definition) is 4. The van der Waals surface area contributed by atoms with Crippen molar-refractivity contribution in [2.24, 2.45) is 0 Å². The lowest BCUT2D eigenvalue weighted by atomic mass is 10.2. The lowest BCUT2D eigenvalue weighted by molar-refractivity contribution is 0.0695. The van der Waals surface area contributed by atoms with E-state index in [1.165, 1.54) is 13.0 Å². The van der Waals surface area contributed by atoms with Crippen molar-refractivity contribution in [3.8, 4) is 0 Å². The number of furan rings is 1. The van der Waals surface area contributed by atoms with Crippen molar-refractivity contribution in [2.75, 3.05) is 0 Å². The smallest absolute Gasteiger partial charge is 0.344 e. The van der Waals surface area contributed by atoms with Crippen LogP contribution < -0.4 is 11.4 Å². The molecule has 8 heteroatoms. The molecule has 17 heavy (non-hydrogen) atoms. The van der Waals surface area contributed by atoms with Gasteiger partial charge < -0.3 is 9.52 Å². The fraction of sp³-hybridized carbons (Fsp3) is 0.222. The molecule has 0 atom stereocenters. The van der Waals surface area contributed by atoms with Crippen LogP contribution in [0.25, 0.3) is 0 Å². The van der Waals surface area contributed by atoms with E-state index in [0.29, 0.717) is 0 Å². The molecule has 0 saturated heterocycles. The Morgan fingerprint density at radius 2 is 2.00 bits per heavy atom. The number of hydrogen-bond donors (Lipinski definition) is 3. The van der Waals surface area contributed by atoms with Gasteiger partial charge in [0.1, 0.15) is 17.1 Å². The molecule has 0 unspecified atom stereocenters. The standard InChI is InChI=1S/C9H9N3O5/c1-4-6(7(13)14)2-5(17-4)3-12-8(15)10-11-9(12)16/h2H,3H2,1H3,(H,10,15)(H,11,16)(H,13,14). The fourth-order valence-electron chi connectivity index (χ4n) is 1.47. The molecule has 2 aromatic rings. The number of rotatable bonds is 3. The van der Waals surface area contributed by atoms with Crippen LogP contribution in [0.5, 0.6) is 0 Å². The average Bonchev–Trinajstić information content (AvgIpc) is 2.76. The predicted molar refractivity (Wildman–Crippen MR) is 55.2 cm³/mol. The lowest BCUT2D eigenvalue weighted by Crippen LogP contribution is -2.26. The molecule has 0 saturated carbocycles. The van der Waals surface area contributed by atoms with Gasteiger partial charge in [-0.3, -0.25) is 0 Å². The summed E-state index contributed by atoms with van der Waals surface area (Å²) in [7, 11) is 0. The molecule has 0 fully saturated rings. The van der Waals surface area contributed by atoms with Gasteiger partial charge in [0.05, 0.1) is 6.54 Å². The fourth-order valence-corrected chi connectivity index (χ4v) is 1.47. The van der Waals surface area contributed by atoms with Crippen LogP contribution >= 0.6 is 0 Å². The molecule has 2 aromatic heterocycles. The summed E-state index contributed by atoms with van der Waals surface area (Å²) in [6.07, 6.45) is 0. The van der Waals surface area contributed by atoms with Gasteiger partial charge in [0.25, 0.3) is 0 Å². The van der Waals surface area contributed by atoms with Crippen molar-refractivity contribution >= 4 is 5.97 Å². The number of aryl methyl sites for hydroxylation is 1. The zero-order valence-electron chi connectivity index (χ0n) is 8.81. The summed E-state index contributed by atoms with van der Waals surface area (Å²) in [5, 5.41) is 13.0. The number of aromatic amines is 2. The minimum Gasteiger partial charge on any atom is -0.478 e. The third kappa shape index (κ3) is 1.92. The Kier molecular flexibility index (Phi) is 2.47. The maximum Gasteiger partial charge on any atom is 0.344 e. The van der Waals surface area contributed by atoms with E-state index in [-0.39, 0.29) is 23.6 Å². The second-order valence-electron chi connectivity index (χ2n) is 3.43. The highest BCUT2D eigenvalue weighted by molar-refractivity contribution is 5.88. The van der Waals surface area contributed by atoms with Crippen LogP contribution in [0.2, 0.25) is 0 Å². The number of aromatic carboxylic acids is 1. The Bertz CT molecular complexity index is 644. The van der Waals surface area contributed by atoms with Gasteiger partial charge in [-0.1, -0.05) is 0 Å². The summed E-state index contributed by atoms with van der Waals surface area (Å²) in [6.45, 7) is 1.38. The van der Waals surface area contributed by atoms with Gasteiger partial charge in [0.2, 0.25) is 0 Å². The Balaban J connectivity index is 2.38. The monoisotopic (exact) mass is 239 g/mol. The van der Waals surface area contributed by atoms with Gasteiger partial charge in [0, 0.05) is 0 Å². The van der Waals surface area contributed by atoms with E-state index >= 15 is 0 Å². The summed E-state index contributed by atoms with van der Waals surface area (Å²) < 4.78 is 6.02. The van der Waals surface area contributed by atoms with Crippen LogP contribution in [0.4, 0.5) is 0 Å². The molecular formula is C9H9N3O5. The van der Waals surface area contributed by atoms with Crippen molar-refractivity contribution in [2.45, 2.75) is 13.5 Å². The summed E-state index contributed by atoms with van der Waals surface area (Å²) >= 11 is 0. The summed E-state index contributed by atoms with van der Waals surface area (Å²) in [4.78, 5) is 33.1. The second-order valence-corrected chi connectivity index (χ2v) is 3.43. The molecule has 2 rings (SSSR count). The van der Waals surface area contributed by atoms with Gasteiger partial charge >= 0.3 is 17.3 Å². The van der Waals surface area contributed by atoms with Gasteiger partial charge in [-0.05, 0) is 13.0 Å². The topological polar surface area (TPSA) is 121 Å². The zero-order valence-corrected chi connectivity index (χ0v) is 8.81. The molecule has 0 aliphatic carbocycles. The summed E-state index contributed by atoms with van der Waals surface area (Å²) in [5.74, 6) is -0.660. The van der Waals surface area contributed by atoms with Crippen LogP contribution in [0, 0.1) is 6.92 Å². The highest BCUT2D eigenvalue weighted by Crippen LogP contribution is 2.14. The molecule has 2 heterocycles. The first kappa shape index (κ1) is 11.0. The Morgan fingerprint density at radius 3 is 2.47 bits per heavy atom. The van der Waals surface area contributed by atoms with Crippen LogP contribution in [-0.4, -0.2) is 25.8 Å². The molecule has 90 valence electrons. The number of nitrogens with one attached hydrogen (secondary N) is 2. The van der Waals surface area contributed by atoms with Gasteiger partial charge in [-0.2, -0.15) is 0 Å². The zero-order chi connectivity index (χ0) is 12.6. The van der Waals surface area contributed by atoms with Crippen molar-refractivity contribution in [3.63, 3.8) is 0 Å². The maximum absolute atomic E-state index is 11.2. The van der Waals surface area contributed by atoms with E-state index in [2.05, 4.69) is 10.2 Å². The average molecular weight is 239 g/mol. The quantitative estimate of drug-likeness (QED) is 0.667. The molecular weight excluding hydrogens is 230 g/mol. The molecule has 0 bridgehead atoms. The Labute approximate surface area is 93.5 Å². The predicted octanol–water partition coefficient (Wildman–Crippen LogP) is -0.487. The van der Waals surface area contributed by atoms with Gasteiger partial charge in [0.15, 0.2) is 0 Å². The highest BCUT2D eigenvalue weighted by Gasteiger charge is 2.15. The lowest BCUT2D eigenvalue weighted by Gasteiger charge is -1.93. The molecule has 0 amide bonds. The number of H-pyrrole nitrogens is 2. The van der Waals surface area contributed by atoms with E-state index in [9.17, 15) is 14.4 Å². The molecule has 3 N–H and O–H groups in total. The van der Waals surface area contributed by atoms with E-state index in [1.54, 1.807) is 0 Å². The Morgan fingerprint density at radius 1 is 1.41 bits per heavy atom. The number of carboxylic acid groups (broad SMARTS) is 1. The van der Waals surface area contributed by atoms with Gasteiger partial charge in [-0.15, -0.1) is 0 Å². The van der Waals surface area contributed by atoms with Crippen LogP contribution in [0.3, 0.4) is 0 Å². The van der Waals surface area contributed by atoms with Crippen LogP contribution in [0.1, 0.15) is 21.9 Å². The van der Waals surface area contributed by atoms with Crippen molar-refractivity contribution in [1.29, 1.82) is 0 Å². The summed E-state index contributed by atoms with van der Waals surface area (Å²) in [6, 6.07) is 1.29. The number of carbonyl (C=O) groups is 1. The number of nitrogens with zero attached hydrogens (tertiary/aromatic N) is 1. The highest BCUT2D eigenvalue weighted by atomic mass is 16.4. The first-order chi connectivity index (χ1) is 7.99. The molecule has 0 aromatic carbocycles. The van der Waals surface area contributed by atoms with E-state index in [4.69, 9.17) is 9.52 Å². The van der Waals surface area contributed by atoms with Crippen LogP contribution in [0.15, 0.2) is 20.1 Å². The SMILES string of the molecule is Cc1oc(Cn2c(=O)[nH][nH]c2=O)cc1C(=O)O. The minimum absolute atomic E-state index is 0.0139. The molecule has 0 spiro atoms. The Hall–Kier alpha value is -2.51. The normalized spacial score (nSPS) is 10.6. The molecule has 0 aliphatic rings.